The lowest BCUT2D eigenvalue weighted by atomic mass is 10.2. The normalized spacial score (nSPS) is 14.4. The van der Waals surface area contributed by atoms with E-state index in [4.69, 9.17) is 0 Å². The molecule has 0 aliphatic carbocycles. The van der Waals surface area contributed by atoms with E-state index < -0.39 is 12.2 Å². The van der Waals surface area contributed by atoms with Gasteiger partial charge in [0, 0.05) is 20.1 Å². The highest BCUT2D eigenvalue weighted by Gasteiger charge is 2.21. The Kier molecular flexibility index (Phi) is 3.36. The summed E-state index contributed by atoms with van der Waals surface area (Å²) in [5.41, 5.74) is 0. The Hall–Kier alpha value is -1.46. The molecule has 13 heavy (non-hydrogen) atoms. The Labute approximate surface area is 75.8 Å². The molecule has 2 amide bonds. The van der Waals surface area contributed by atoms with Gasteiger partial charge in [0.2, 0.25) is 6.79 Å². The fourth-order valence-electron chi connectivity index (χ4n) is 0.796. The third-order valence-electron chi connectivity index (χ3n) is 1.69. The Morgan fingerprint density at radius 2 is 2.08 bits per heavy atom. The molecule has 74 valence electrons. The molecule has 0 radical (unpaired) electrons. The molecule has 0 spiro atoms. The van der Waals surface area contributed by atoms with Gasteiger partial charge < -0.3 is 19.7 Å². The summed E-state index contributed by atoms with van der Waals surface area (Å²) < 4.78 is 9.08. The van der Waals surface area contributed by atoms with Gasteiger partial charge in [-0.3, -0.25) is 0 Å². The minimum absolute atomic E-state index is 0.338. The molecule has 0 aromatic carbocycles. The van der Waals surface area contributed by atoms with E-state index in [1.165, 1.54) is 11.9 Å². The van der Waals surface area contributed by atoms with Crippen LogP contribution in [-0.2, 0) is 9.47 Å². The first-order valence-electron chi connectivity index (χ1n) is 4.00. The number of ether oxygens (including phenoxy) is 2. The van der Waals surface area contributed by atoms with Gasteiger partial charge in [-0.1, -0.05) is 0 Å². The monoisotopic (exact) mass is 188 g/mol. The van der Waals surface area contributed by atoms with Crippen LogP contribution >= 0.6 is 0 Å². The number of nitrogens with zero attached hydrogens (tertiary/aromatic N) is 1. The van der Waals surface area contributed by atoms with E-state index in [2.05, 4.69) is 14.8 Å². The van der Waals surface area contributed by atoms with Crippen molar-refractivity contribution >= 4 is 12.2 Å². The van der Waals surface area contributed by atoms with Crippen molar-refractivity contribution in [3.8, 4) is 0 Å². The standard InChI is InChI=1S/C7H12N2O4/c1-8-6(10)12-5-13-7(11)9-3-2-4-9/h2-5H2,1H3,(H,8,10). The molecule has 0 saturated carbocycles. The van der Waals surface area contributed by atoms with Crippen LogP contribution in [-0.4, -0.2) is 44.0 Å². The average Bonchev–Trinajstić information content (AvgIpc) is 2.01. The molecule has 1 rings (SSSR count). The second kappa shape index (κ2) is 4.54. The van der Waals surface area contributed by atoms with Gasteiger partial charge in [-0.25, -0.2) is 9.59 Å². The van der Waals surface area contributed by atoms with E-state index >= 15 is 0 Å². The second-order valence-electron chi connectivity index (χ2n) is 2.55. The lowest BCUT2D eigenvalue weighted by Crippen LogP contribution is -2.42. The molecule has 0 atom stereocenters. The van der Waals surface area contributed by atoms with Crippen molar-refractivity contribution in [2.45, 2.75) is 6.42 Å². The van der Waals surface area contributed by atoms with Gasteiger partial charge in [0.1, 0.15) is 0 Å². The number of carbonyl (C=O) groups is 2. The Bertz CT molecular complexity index is 203. The van der Waals surface area contributed by atoms with Gasteiger partial charge in [-0.15, -0.1) is 0 Å². The van der Waals surface area contributed by atoms with Crippen molar-refractivity contribution in [1.29, 1.82) is 0 Å². The molecule has 0 bridgehead atoms. The minimum atomic E-state index is -0.614. The molecule has 1 N–H and O–H groups in total. The number of hydrogen-bond donors (Lipinski definition) is 1. The van der Waals surface area contributed by atoms with Crippen molar-refractivity contribution in [3.63, 3.8) is 0 Å². The molecular formula is C7H12N2O4. The lowest BCUT2D eigenvalue weighted by Gasteiger charge is -2.29. The van der Waals surface area contributed by atoms with E-state index in [1.54, 1.807) is 0 Å². The maximum Gasteiger partial charge on any atom is 0.412 e. The maximum absolute atomic E-state index is 11.0. The SMILES string of the molecule is CNC(=O)OCOC(=O)N1CCC1. The molecule has 1 fully saturated rings. The molecule has 0 unspecified atom stereocenters. The number of likely N-dealkylation sites (tertiary alicyclic amines) is 1. The van der Waals surface area contributed by atoms with Crippen LogP contribution in [0.15, 0.2) is 0 Å². The minimum Gasteiger partial charge on any atom is -0.412 e. The van der Waals surface area contributed by atoms with Crippen molar-refractivity contribution in [1.82, 2.24) is 10.2 Å². The molecular weight excluding hydrogens is 176 g/mol. The molecule has 1 heterocycles. The number of hydrogen-bond acceptors (Lipinski definition) is 4. The highest BCUT2D eigenvalue weighted by Crippen LogP contribution is 2.06. The van der Waals surface area contributed by atoms with Crippen LogP contribution in [0.1, 0.15) is 6.42 Å². The van der Waals surface area contributed by atoms with Crippen LogP contribution in [0.25, 0.3) is 0 Å². The van der Waals surface area contributed by atoms with Gasteiger partial charge in [0.05, 0.1) is 0 Å². The summed E-state index contributed by atoms with van der Waals surface area (Å²) in [6.07, 6.45) is -0.0441. The van der Waals surface area contributed by atoms with Crippen LogP contribution in [0, 0.1) is 0 Å². The van der Waals surface area contributed by atoms with Crippen LogP contribution in [0.5, 0.6) is 0 Å². The van der Waals surface area contributed by atoms with Crippen molar-refractivity contribution < 1.29 is 19.1 Å². The van der Waals surface area contributed by atoms with Crippen LogP contribution in [0.3, 0.4) is 0 Å². The summed E-state index contributed by atoms with van der Waals surface area (Å²) in [6, 6.07) is 0. The number of nitrogens with one attached hydrogen (secondary N) is 1. The summed E-state index contributed by atoms with van der Waals surface area (Å²) >= 11 is 0. The lowest BCUT2D eigenvalue weighted by molar-refractivity contribution is 0.000700. The molecule has 0 aromatic rings. The van der Waals surface area contributed by atoms with Crippen molar-refractivity contribution in [2.75, 3.05) is 26.9 Å². The van der Waals surface area contributed by atoms with E-state index in [0.29, 0.717) is 0 Å². The largest absolute Gasteiger partial charge is 0.412 e. The predicted octanol–water partition coefficient (Wildman–Crippen LogP) is 0.142. The van der Waals surface area contributed by atoms with Gasteiger partial charge >= 0.3 is 12.2 Å². The highest BCUT2D eigenvalue weighted by atomic mass is 16.7. The van der Waals surface area contributed by atoms with Gasteiger partial charge in [-0.2, -0.15) is 0 Å². The predicted molar refractivity (Wildman–Crippen MR) is 43.1 cm³/mol. The highest BCUT2D eigenvalue weighted by molar-refractivity contribution is 5.69. The van der Waals surface area contributed by atoms with Gasteiger partial charge in [0.15, 0.2) is 0 Å². The Morgan fingerprint density at radius 3 is 2.54 bits per heavy atom. The van der Waals surface area contributed by atoms with E-state index in [0.717, 1.165) is 19.5 Å². The van der Waals surface area contributed by atoms with Crippen LogP contribution < -0.4 is 5.32 Å². The Morgan fingerprint density at radius 1 is 1.38 bits per heavy atom. The quantitative estimate of drug-likeness (QED) is 0.626. The number of rotatable bonds is 2. The van der Waals surface area contributed by atoms with Gasteiger partial charge in [-0.05, 0) is 6.42 Å². The third-order valence-corrected chi connectivity index (χ3v) is 1.69. The first-order chi connectivity index (χ1) is 6.24. The smallest absolute Gasteiger partial charge is 0.412 e. The third kappa shape index (κ3) is 2.81. The van der Waals surface area contributed by atoms with E-state index in [-0.39, 0.29) is 6.79 Å². The topological polar surface area (TPSA) is 67.9 Å². The first kappa shape index (κ1) is 9.63. The fourth-order valence-corrected chi connectivity index (χ4v) is 0.796. The molecule has 1 saturated heterocycles. The van der Waals surface area contributed by atoms with E-state index in [9.17, 15) is 9.59 Å². The molecule has 6 nitrogen and oxygen atoms in total. The summed E-state index contributed by atoms with van der Waals surface area (Å²) in [4.78, 5) is 23.0. The summed E-state index contributed by atoms with van der Waals surface area (Å²) in [6.45, 7) is 1.10. The first-order valence-corrected chi connectivity index (χ1v) is 4.00. The van der Waals surface area contributed by atoms with E-state index in [1.807, 2.05) is 0 Å². The maximum atomic E-state index is 11.0. The average molecular weight is 188 g/mol. The number of amides is 2. The van der Waals surface area contributed by atoms with Crippen LogP contribution in [0.2, 0.25) is 0 Å². The molecule has 1 aliphatic heterocycles. The zero-order valence-electron chi connectivity index (χ0n) is 7.41. The molecule has 6 heteroatoms. The van der Waals surface area contributed by atoms with Crippen molar-refractivity contribution in [2.24, 2.45) is 0 Å². The second-order valence-corrected chi connectivity index (χ2v) is 2.55. The summed E-state index contributed by atoms with van der Waals surface area (Å²) in [5.74, 6) is 0. The molecule has 1 aliphatic rings. The Balaban J connectivity index is 2.04. The summed E-state index contributed by atoms with van der Waals surface area (Å²) in [5, 5.41) is 2.23. The van der Waals surface area contributed by atoms with Gasteiger partial charge in [0.25, 0.3) is 0 Å². The van der Waals surface area contributed by atoms with Crippen molar-refractivity contribution in [3.05, 3.63) is 0 Å². The zero-order valence-corrected chi connectivity index (χ0v) is 7.41. The molecule has 0 aromatic heterocycles. The summed E-state index contributed by atoms with van der Waals surface area (Å²) in [7, 11) is 1.43. The van der Waals surface area contributed by atoms with Crippen LogP contribution in [0.4, 0.5) is 9.59 Å². The zero-order chi connectivity index (χ0) is 9.68. The number of carbonyl (C=O) groups excluding carboxylic acids is 2. The fraction of sp³-hybridized carbons (Fsp3) is 0.714. The number of alkyl carbamates (subject to hydrolysis) is 1.